The average molecular weight is 284 g/mol. The van der Waals surface area contributed by atoms with Crippen molar-refractivity contribution in [3.8, 4) is 0 Å². The van der Waals surface area contributed by atoms with Crippen LogP contribution in [0.5, 0.6) is 0 Å². The lowest BCUT2D eigenvalue weighted by Gasteiger charge is -2.00. The Morgan fingerprint density at radius 3 is 2.72 bits per heavy atom. The molecule has 2 rings (SSSR count). The van der Waals surface area contributed by atoms with E-state index in [1.807, 2.05) is 0 Å². The van der Waals surface area contributed by atoms with E-state index < -0.39 is 11.9 Å². The van der Waals surface area contributed by atoms with E-state index in [2.05, 4.69) is 9.97 Å². The Labute approximate surface area is 110 Å². The van der Waals surface area contributed by atoms with Crippen LogP contribution in [0.4, 0.5) is 0 Å². The largest absolute Gasteiger partial charge is 0.481 e. The maximum atomic E-state index is 11.0. The molecule has 8 heteroatoms. The van der Waals surface area contributed by atoms with E-state index in [-0.39, 0.29) is 10.6 Å². The van der Waals surface area contributed by atoms with Gasteiger partial charge in [-0.05, 0) is 12.5 Å². The number of carboxylic acids is 2. The van der Waals surface area contributed by atoms with E-state index in [1.165, 1.54) is 6.33 Å². The van der Waals surface area contributed by atoms with Gasteiger partial charge in [-0.2, -0.15) is 0 Å². The minimum Gasteiger partial charge on any atom is -0.481 e. The summed E-state index contributed by atoms with van der Waals surface area (Å²) in [6.07, 6.45) is 1.31. The molecular weight excluding hydrogens is 276 g/mol. The lowest BCUT2D eigenvalue weighted by atomic mass is 10.2. The maximum absolute atomic E-state index is 11.0. The summed E-state index contributed by atoms with van der Waals surface area (Å²) in [6, 6.07) is 0. The molecule has 0 saturated carbocycles. The first-order chi connectivity index (χ1) is 8.50. The van der Waals surface area contributed by atoms with Crippen LogP contribution in [0.25, 0.3) is 10.2 Å². The third kappa shape index (κ3) is 2.29. The van der Waals surface area contributed by atoms with Gasteiger partial charge in [0.1, 0.15) is 21.1 Å². The minimum absolute atomic E-state index is 0.121. The molecule has 0 aromatic carbocycles. The van der Waals surface area contributed by atoms with Crippen molar-refractivity contribution in [3.63, 3.8) is 0 Å². The lowest BCUT2D eigenvalue weighted by Crippen LogP contribution is -1.99. The fraction of sp³-hybridized carbons (Fsp3) is 0.200. The molecule has 0 fully saturated rings. The van der Waals surface area contributed by atoms with Crippen molar-refractivity contribution in [1.29, 1.82) is 0 Å². The number of hydrogen-bond acceptors (Lipinski definition) is 6. The molecule has 2 N–H and O–H groups in total. The number of aromatic carboxylic acids is 1. The second-order valence-corrected chi connectivity index (χ2v) is 5.37. The van der Waals surface area contributed by atoms with Crippen LogP contribution in [0.1, 0.15) is 15.2 Å². The number of thioether (sulfide) groups is 1. The van der Waals surface area contributed by atoms with Gasteiger partial charge < -0.3 is 10.2 Å². The number of aliphatic carboxylic acids is 1. The lowest BCUT2D eigenvalue weighted by molar-refractivity contribution is -0.133. The Morgan fingerprint density at radius 1 is 1.39 bits per heavy atom. The van der Waals surface area contributed by atoms with Crippen LogP contribution in [-0.4, -0.2) is 37.9 Å². The molecule has 2 heterocycles. The number of carboxylic acid groups (broad SMARTS) is 2. The number of rotatable bonds is 4. The molecule has 18 heavy (non-hydrogen) atoms. The molecule has 0 unspecified atom stereocenters. The predicted octanol–water partition coefficient (Wildman–Crippen LogP) is 1.87. The van der Waals surface area contributed by atoms with Gasteiger partial charge in [-0.1, -0.05) is 11.8 Å². The summed E-state index contributed by atoms with van der Waals surface area (Å²) in [5, 5.41) is 18.8. The van der Waals surface area contributed by atoms with Crippen molar-refractivity contribution in [1.82, 2.24) is 9.97 Å². The topological polar surface area (TPSA) is 100 Å². The van der Waals surface area contributed by atoms with Gasteiger partial charge in [0.15, 0.2) is 0 Å². The highest BCUT2D eigenvalue weighted by Crippen LogP contribution is 2.34. The van der Waals surface area contributed by atoms with Crippen LogP contribution in [-0.2, 0) is 4.79 Å². The molecule has 0 atom stereocenters. The van der Waals surface area contributed by atoms with Gasteiger partial charge in [-0.25, -0.2) is 14.8 Å². The van der Waals surface area contributed by atoms with Gasteiger partial charge in [0.2, 0.25) is 0 Å². The van der Waals surface area contributed by atoms with Crippen molar-refractivity contribution in [2.24, 2.45) is 0 Å². The van der Waals surface area contributed by atoms with Gasteiger partial charge in [-0.15, -0.1) is 11.3 Å². The van der Waals surface area contributed by atoms with Crippen molar-refractivity contribution in [2.75, 3.05) is 5.75 Å². The van der Waals surface area contributed by atoms with E-state index in [9.17, 15) is 9.59 Å². The summed E-state index contributed by atoms with van der Waals surface area (Å²) < 4.78 is 0. The molecule has 0 spiro atoms. The number of carbonyl (C=O) groups is 2. The molecule has 94 valence electrons. The summed E-state index contributed by atoms with van der Waals surface area (Å²) >= 11 is 2.13. The number of hydrogen-bond donors (Lipinski definition) is 2. The second-order valence-electron chi connectivity index (χ2n) is 3.40. The van der Waals surface area contributed by atoms with E-state index in [4.69, 9.17) is 10.2 Å². The number of nitrogens with zero attached hydrogens (tertiary/aromatic N) is 2. The average Bonchev–Trinajstić information content (AvgIpc) is 2.65. The van der Waals surface area contributed by atoms with Crippen LogP contribution >= 0.6 is 23.1 Å². The van der Waals surface area contributed by atoms with Crippen molar-refractivity contribution >= 4 is 45.3 Å². The first kappa shape index (κ1) is 12.8. The third-order valence-electron chi connectivity index (χ3n) is 2.22. The molecule has 2 aromatic rings. The number of aromatic nitrogens is 2. The van der Waals surface area contributed by atoms with Crippen molar-refractivity contribution < 1.29 is 19.8 Å². The van der Waals surface area contributed by atoms with E-state index in [1.54, 1.807) is 6.92 Å². The molecule has 0 saturated heterocycles. The Bertz CT molecular complexity index is 638. The monoisotopic (exact) mass is 284 g/mol. The molecule has 2 aromatic heterocycles. The highest BCUT2D eigenvalue weighted by molar-refractivity contribution is 8.00. The molecule has 6 nitrogen and oxygen atoms in total. The van der Waals surface area contributed by atoms with Crippen LogP contribution in [0.3, 0.4) is 0 Å². The maximum Gasteiger partial charge on any atom is 0.346 e. The zero-order valence-electron chi connectivity index (χ0n) is 9.21. The fourth-order valence-corrected chi connectivity index (χ4v) is 3.31. The van der Waals surface area contributed by atoms with E-state index in [0.29, 0.717) is 20.8 Å². The SMILES string of the molecule is Cc1c(C(=O)O)sc2ncnc(SCC(=O)O)c12. The zero-order valence-corrected chi connectivity index (χ0v) is 10.8. The second kappa shape index (κ2) is 4.91. The molecule has 0 amide bonds. The summed E-state index contributed by atoms with van der Waals surface area (Å²) in [6.45, 7) is 1.68. The molecule has 0 aliphatic heterocycles. The molecular formula is C10H8N2O4S2. The Morgan fingerprint density at radius 2 is 2.11 bits per heavy atom. The van der Waals surface area contributed by atoms with E-state index >= 15 is 0 Å². The van der Waals surface area contributed by atoms with Gasteiger partial charge in [-0.3, -0.25) is 4.79 Å². The molecule has 0 aliphatic carbocycles. The van der Waals surface area contributed by atoms with Crippen LogP contribution < -0.4 is 0 Å². The molecule has 0 aliphatic rings. The van der Waals surface area contributed by atoms with Crippen molar-refractivity contribution in [2.45, 2.75) is 11.9 Å². The summed E-state index contributed by atoms with van der Waals surface area (Å²) in [4.78, 5) is 30.4. The van der Waals surface area contributed by atoms with Crippen LogP contribution in [0.15, 0.2) is 11.4 Å². The molecule has 0 radical (unpaired) electrons. The van der Waals surface area contributed by atoms with E-state index in [0.717, 1.165) is 23.1 Å². The highest BCUT2D eigenvalue weighted by Gasteiger charge is 2.19. The van der Waals surface area contributed by atoms with Gasteiger partial charge in [0, 0.05) is 5.39 Å². The summed E-state index contributed by atoms with van der Waals surface area (Å²) in [5.74, 6) is -2.08. The number of fused-ring (bicyclic) bond motifs is 1. The predicted molar refractivity (Wildman–Crippen MR) is 67.5 cm³/mol. The zero-order chi connectivity index (χ0) is 13.3. The third-order valence-corrected chi connectivity index (χ3v) is 4.38. The van der Waals surface area contributed by atoms with Gasteiger partial charge in [0.25, 0.3) is 0 Å². The van der Waals surface area contributed by atoms with Crippen LogP contribution in [0, 0.1) is 6.92 Å². The highest BCUT2D eigenvalue weighted by atomic mass is 32.2. The first-order valence-corrected chi connectivity index (χ1v) is 6.63. The fourth-order valence-electron chi connectivity index (χ4n) is 1.48. The summed E-state index contributed by atoms with van der Waals surface area (Å²) in [5.41, 5.74) is 0.580. The molecule has 0 bridgehead atoms. The van der Waals surface area contributed by atoms with Crippen molar-refractivity contribution in [3.05, 3.63) is 16.8 Å². The Balaban J connectivity index is 2.54. The van der Waals surface area contributed by atoms with Gasteiger partial charge in [0.05, 0.1) is 5.75 Å². The minimum atomic E-state index is -1.01. The standard InChI is InChI=1S/C10H8N2O4S2/c1-4-6-8(17-2-5(13)14)11-3-12-9(6)18-7(4)10(15)16/h3H,2H2,1H3,(H,13,14)(H,15,16). The smallest absolute Gasteiger partial charge is 0.346 e. The summed E-state index contributed by atoms with van der Waals surface area (Å²) in [7, 11) is 0. The Hall–Kier alpha value is -1.67. The number of thiophene rings is 1. The quantitative estimate of drug-likeness (QED) is 0.653. The Kier molecular flexibility index (Phi) is 3.48. The van der Waals surface area contributed by atoms with Crippen LogP contribution in [0.2, 0.25) is 0 Å². The van der Waals surface area contributed by atoms with Gasteiger partial charge >= 0.3 is 11.9 Å². The number of aryl methyl sites for hydroxylation is 1. The first-order valence-electron chi connectivity index (χ1n) is 4.82. The normalized spacial score (nSPS) is 10.7.